The molecule has 2 amide bonds. The average Bonchev–Trinajstić information content (AvgIpc) is 3.06. The Kier molecular flexibility index (Phi) is 6.93. The predicted octanol–water partition coefficient (Wildman–Crippen LogP) is 7.83. The summed E-state index contributed by atoms with van der Waals surface area (Å²) in [5, 5.41) is -0.625. The lowest BCUT2D eigenvalue weighted by molar-refractivity contribution is -0.137. The first-order valence-corrected chi connectivity index (χ1v) is 11.3. The molecule has 1 heterocycles. The Morgan fingerprint density at radius 2 is 1.65 bits per heavy atom. The highest BCUT2D eigenvalue weighted by Gasteiger charge is 2.39. The van der Waals surface area contributed by atoms with Crippen LogP contribution in [0.3, 0.4) is 0 Å². The molecular weight excluding hydrogens is 510 g/mol. The molecular formula is C24H14Cl2F3NO3S. The summed E-state index contributed by atoms with van der Waals surface area (Å²) in [6.07, 6.45) is -3.23. The Balaban J connectivity index is 1.50. The number of alkyl halides is 3. The number of thioether (sulfide) groups is 1. The second-order valence-corrected chi connectivity index (χ2v) is 8.94. The van der Waals surface area contributed by atoms with Crippen LogP contribution in [0.4, 0.5) is 23.7 Å². The highest BCUT2D eigenvalue weighted by molar-refractivity contribution is 8.19. The van der Waals surface area contributed by atoms with Crippen LogP contribution in [0.1, 0.15) is 16.7 Å². The molecule has 10 heteroatoms. The van der Waals surface area contributed by atoms with E-state index in [2.05, 4.69) is 0 Å². The summed E-state index contributed by atoms with van der Waals surface area (Å²) in [6.45, 7) is 0.277. The van der Waals surface area contributed by atoms with E-state index in [0.717, 1.165) is 11.6 Å². The van der Waals surface area contributed by atoms with Crippen LogP contribution in [0.15, 0.2) is 71.6 Å². The van der Waals surface area contributed by atoms with Gasteiger partial charge in [-0.1, -0.05) is 53.5 Å². The third kappa shape index (κ3) is 5.24. The van der Waals surface area contributed by atoms with Gasteiger partial charge in [0.2, 0.25) is 0 Å². The number of benzene rings is 3. The molecule has 1 aliphatic rings. The Hall–Kier alpha value is -2.94. The molecule has 0 unspecified atom stereocenters. The summed E-state index contributed by atoms with van der Waals surface area (Å²) in [5.41, 5.74) is 0.119. The molecule has 0 atom stereocenters. The molecule has 0 bridgehead atoms. The number of nitrogens with zero attached hydrogens (tertiary/aromatic N) is 1. The summed E-state index contributed by atoms with van der Waals surface area (Å²) in [6, 6.07) is 17.0. The molecule has 3 aromatic rings. The van der Waals surface area contributed by atoms with Gasteiger partial charge in [0.25, 0.3) is 11.1 Å². The minimum atomic E-state index is -4.72. The van der Waals surface area contributed by atoms with Crippen molar-refractivity contribution in [1.29, 1.82) is 0 Å². The van der Waals surface area contributed by atoms with E-state index in [1.165, 1.54) is 12.1 Å². The molecule has 0 aromatic heterocycles. The van der Waals surface area contributed by atoms with Crippen molar-refractivity contribution in [2.75, 3.05) is 4.90 Å². The summed E-state index contributed by atoms with van der Waals surface area (Å²) < 4.78 is 45.2. The van der Waals surface area contributed by atoms with Crippen LogP contribution in [0.2, 0.25) is 10.0 Å². The van der Waals surface area contributed by atoms with E-state index in [4.69, 9.17) is 27.9 Å². The van der Waals surface area contributed by atoms with E-state index >= 15 is 0 Å². The maximum absolute atomic E-state index is 13.2. The van der Waals surface area contributed by atoms with Gasteiger partial charge in [-0.15, -0.1) is 0 Å². The van der Waals surface area contributed by atoms with Gasteiger partial charge in [0.1, 0.15) is 12.4 Å². The number of rotatable bonds is 5. The summed E-state index contributed by atoms with van der Waals surface area (Å²) in [5.74, 6) is -0.143. The fourth-order valence-corrected chi connectivity index (χ4v) is 4.40. The first kappa shape index (κ1) is 24.2. The van der Waals surface area contributed by atoms with Crippen LogP contribution in [0, 0.1) is 0 Å². The first-order valence-electron chi connectivity index (χ1n) is 9.74. The third-order valence-corrected chi connectivity index (χ3v) is 6.41. The van der Waals surface area contributed by atoms with E-state index in [9.17, 15) is 22.8 Å². The smallest absolute Gasteiger partial charge is 0.417 e. The Labute approximate surface area is 206 Å². The summed E-state index contributed by atoms with van der Waals surface area (Å²) >= 11 is 12.4. The van der Waals surface area contributed by atoms with Gasteiger partial charge in [0.15, 0.2) is 0 Å². The number of carbonyl (C=O) groups excluding carboxylic acids is 2. The van der Waals surface area contributed by atoms with Gasteiger partial charge >= 0.3 is 6.18 Å². The molecule has 1 fully saturated rings. The maximum atomic E-state index is 13.2. The lowest BCUT2D eigenvalue weighted by Gasteiger charge is -2.16. The molecule has 4 rings (SSSR count). The molecule has 0 N–H and O–H groups in total. The number of carbonyl (C=O) groups is 2. The Morgan fingerprint density at radius 3 is 2.32 bits per heavy atom. The number of halogens is 5. The number of anilines is 1. The second-order valence-electron chi connectivity index (χ2n) is 7.13. The van der Waals surface area contributed by atoms with Crippen molar-refractivity contribution in [3.8, 4) is 5.75 Å². The van der Waals surface area contributed by atoms with Gasteiger partial charge in [0.05, 0.1) is 21.2 Å². The van der Waals surface area contributed by atoms with Gasteiger partial charge in [0, 0.05) is 10.6 Å². The molecule has 0 spiro atoms. The summed E-state index contributed by atoms with van der Waals surface area (Å²) in [7, 11) is 0. The van der Waals surface area contributed by atoms with E-state index < -0.39 is 27.9 Å². The zero-order valence-electron chi connectivity index (χ0n) is 17.1. The molecule has 174 valence electrons. The molecule has 1 aliphatic heterocycles. The predicted molar refractivity (Wildman–Crippen MR) is 127 cm³/mol. The van der Waals surface area contributed by atoms with E-state index in [0.29, 0.717) is 39.1 Å². The standard InChI is InChI=1S/C24H14Cl2F3NO3S/c25-19-4-2-1-3-15(19)13-33-17-8-5-14(6-9-17)11-21-22(31)30(23(32)34-21)16-7-10-20(26)18(12-16)24(27,28)29/h1-12H,13H2/b21-11-. The van der Waals surface area contributed by atoms with Crippen molar-refractivity contribution in [2.45, 2.75) is 12.8 Å². The molecule has 3 aromatic carbocycles. The third-order valence-electron chi connectivity index (χ3n) is 4.84. The van der Waals surface area contributed by atoms with Crippen LogP contribution in [-0.2, 0) is 17.6 Å². The van der Waals surface area contributed by atoms with Gasteiger partial charge in [-0.25, -0.2) is 4.90 Å². The molecule has 0 radical (unpaired) electrons. The van der Waals surface area contributed by atoms with E-state index in [1.807, 2.05) is 18.2 Å². The van der Waals surface area contributed by atoms with Gasteiger partial charge < -0.3 is 4.74 Å². The van der Waals surface area contributed by atoms with Crippen LogP contribution in [0.5, 0.6) is 5.75 Å². The normalized spacial score (nSPS) is 15.3. The number of ether oxygens (including phenoxy) is 1. The van der Waals surface area contributed by atoms with Crippen LogP contribution in [-0.4, -0.2) is 11.1 Å². The van der Waals surface area contributed by atoms with Crippen LogP contribution < -0.4 is 9.64 Å². The first-order chi connectivity index (χ1) is 16.1. The quantitative estimate of drug-likeness (QED) is 0.319. The van der Waals surface area contributed by atoms with Crippen LogP contribution in [0.25, 0.3) is 6.08 Å². The zero-order valence-corrected chi connectivity index (χ0v) is 19.4. The lowest BCUT2D eigenvalue weighted by Crippen LogP contribution is -2.28. The van der Waals surface area contributed by atoms with Gasteiger partial charge in [-0.05, 0) is 59.8 Å². The number of amides is 2. The highest BCUT2D eigenvalue weighted by atomic mass is 35.5. The average molecular weight is 524 g/mol. The van der Waals surface area contributed by atoms with Crippen molar-refractivity contribution in [3.63, 3.8) is 0 Å². The molecule has 4 nitrogen and oxygen atoms in total. The zero-order chi connectivity index (χ0) is 24.5. The van der Waals surface area contributed by atoms with Crippen LogP contribution >= 0.6 is 35.0 Å². The van der Waals surface area contributed by atoms with Gasteiger partial charge in [-0.2, -0.15) is 13.2 Å². The molecule has 0 saturated carbocycles. The number of imide groups is 1. The molecule has 0 aliphatic carbocycles. The van der Waals surface area contributed by atoms with Crippen molar-refractivity contribution < 1.29 is 27.5 Å². The van der Waals surface area contributed by atoms with E-state index in [1.54, 1.807) is 30.3 Å². The highest BCUT2D eigenvalue weighted by Crippen LogP contribution is 2.40. The monoisotopic (exact) mass is 523 g/mol. The minimum absolute atomic E-state index is 0.0817. The number of hydrogen-bond acceptors (Lipinski definition) is 4. The van der Waals surface area contributed by atoms with E-state index in [-0.39, 0.29) is 17.2 Å². The Bertz CT molecular complexity index is 1290. The number of hydrogen-bond donors (Lipinski definition) is 0. The largest absolute Gasteiger partial charge is 0.489 e. The second kappa shape index (κ2) is 9.74. The molecule has 34 heavy (non-hydrogen) atoms. The fourth-order valence-electron chi connectivity index (χ4n) is 3.15. The summed E-state index contributed by atoms with van der Waals surface area (Å²) in [4.78, 5) is 26.0. The minimum Gasteiger partial charge on any atom is -0.489 e. The topological polar surface area (TPSA) is 46.6 Å². The Morgan fingerprint density at radius 1 is 0.941 bits per heavy atom. The van der Waals surface area contributed by atoms with Crippen molar-refractivity contribution >= 4 is 57.9 Å². The van der Waals surface area contributed by atoms with Crippen molar-refractivity contribution in [2.24, 2.45) is 0 Å². The maximum Gasteiger partial charge on any atom is 0.417 e. The SMILES string of the molecule is O=C1S/C(=C\c2ccc(OCc3ccccc3Cl)cc2)C(=O)N1c1ccc(Cl)c(C(F)(F)F)c1. The fraction of sp³-hybridized carbons (Fsp3) is 0.0833. The lowest BCUT2D eigenvalue weighted by atomic mass is 10.1. The van der Waals surface area contributed by atoms with Crippen molar-refractivity contribution in [3.05, 3.63) is 98.4 Å². The van der Waals surface area contributed by atoms with Crippen molar-refractivity contribution in [1.82, 2.24) is 0 Å². The molecule has 1 saturated heterocycles. The van der Waals surface area contributed by atoms with Gasteiger partial charge in [-0.3, -0.25) is 9.59 Å².